The average molecular weight is 307 g/mol. The highest BCUT2D eigenvalue weighted by Crippen LogP contribution is 2.28. The fourth-order valence-corrected chi connectivity index (χ4v) is 3.07. The number of nitrogens with one attached hydrogen (secondary N) is 1. The SMILES string of the molecule is COc1cc(C(C)NCC(C)(C)c2cccs2)ccc1F. The van der Waals surface area contributed by atoms with Gasteiger partial charge in [-0.2, -0.15) is 0 Å². The smallest absolute Gasteiger partial charge is 0.165 e. The molecule has 114 valence electrons. The van der Waals surface area contributed by atoms with E-state index >= 15 is 0 Å². The first-order chi connectivity index (χ1) is 9.94. The Balaban J connectivity index is 2.03. The van der Waals surface area contributed by atoms with Crippen LogP contribution in [0.15, 0.2) is 35.7 Å². The maximum absolute atomic E-state index is 13.5. The largest absolute Gasteiger partial charge is 0.494 e. The Morgan fingerprint density at radius 2 is 2.10 bits per heavy atom. The number of ether oxygens (including phenoxy) is 1. The van der Waals surface area contributed by atoms with Gasteiger partial charge in [0.2, 0.25) is 0 Å². The number of hydrogen-bond acceptors (Lipinski definition) is 3. The summed E-state index contributed by atoms with van der Waals surface area (Å²) in [7, 11) is 1.49. The highest BCUT2D eigenvalue weighted by atomic mass is 32.1. The minimum absolute atomic E-state index is 0.0759. The van der Waals surface area contributed by atoms with E-state index in [0.29, 0.717) is 5.75 Å². The molecule has 2 rings (SSSR count). The molecule has 1 N–H and O–H groups in total. The molecule has 0 radical (unpaired) electrons. The van der Waals surface area contributed by atoms with Gasteiger partial charge in [-0.1, -0.05) is 26.0 Å². The fraction of sp³-hybridized carbons (Fsp3) is 0.412. The van der Waals surface area contributed by atoms with Gasteiger partial charge < -0.3 is 10.1 Å². The first-order valence-electron chi connectivity index (χ1n) is 7.05. The molecule has 1 aromatic carbocycles. The molecule has 0 amide bonds. The molecule has 0 spiro atoms. The van der Waals surface area contributed by atoms with Crippen LogP contribution < -0.4 is 10.1 Å². The number of thiophene rings is 1. The van der Waals surface area contributed by atoms with E-state index in [1.165, 1.54) is 18.1 Å². The summed E-state index contributed by atoms with van der Waals surface area (Å²) in [6, 6.07) is 9.39. The molecule has 1 heterocycles. The molecule has 0 bridgehead atoms. The molecule has 0 fully saturated rings. The Morgan fingerprint density at radius 3 is 2.71 bits per heavy atom. The van der Waals surface area contributed by atoms with Crippen LogP contribution in [0.4, 0.5) is 4.39 Å². The van der Waals surface area contributed by atoms with Crippen molar-refractivity contribution < 1.29 is 9.13 Å². The summed E-state index contributed by atoms with van der Waals surface area (Å²) < 4.78 is 18.5. The predicted octanol–water partition coefficient (Wildman–Crippen LogP) is 4.52. The highest BCUT2D eigenvalue weighted by Gasteiger charge is 2.22. The predicted molar refractivity (Wildman–Crippen MR) is 86.7 cm³/mol. The number of hydrogen-bond donors (Lipinski definition) is 1. The van der Waals surface area contributed by atoms with Crippen molar-refractivity contribution in [3.8, 4) is 5.75 Å². The van der Waals surface area contributed by atoms with Crippen LogP contribution >= 0.6 is 11.3 Å². The van der Waals surface area contributed by atoms with Gasteiger partial charge in [-0.25, -0.2) is 4.39 Å². The minimum Gasteiger partial charge on any atom is -0.494 e. The van der Waals surface area contributed by atoms with Crippen LogP contribution in [0.1, 0.15) is 37.3 Å². The van der Waals surface area contributed by atoms with Crippen LogP contribution in [0.3, 0.4) is 0 Å². The third kappa shape index (κ3) is 3.83. The van der Waals surface area contributed by atoms with Gasteiger partial charge in [0.15, 0.2) is 11.6 Å². The maximum Gasteiger partial charge on any atom is 0.165 e. The van der Waals surface area contributed by atoms with E-state index in [-0.39, 0.29) is 17.3 Å². The zero-order chi connectivity index (χ0) is 15.5. The molecule has 1 atom stereocenters. The molecular weight excluding hydrogens is 285 g/mol. The number of rotatable bonds is 6. The summed E-state index contributed by atoms with van der Waals surface area (Å²) in [5.41, 5.74) is 1.10. The quantitative estimate of drug-likeness (QED) is 0.847. The van der Waals surface area contributed by atoms with Gasteiger partial charge in [-0.05, 0) is 36.1 Å². The average Bonchev–Trinajstić information content (AvgIpc) is 3.00. The van der Waals surface area contributed by atoms with E-state index in [0.717, 1.165) is 12.1 Å². The lowest BCUT2D eigenvalue weighted by Crippen LogP contribution is -2.33. The lowest BCUT2D eigenvalue weighted by atomic mass is 9.91. The lowest BCUT2D eigenvalue weighted by molar-refractivity contribution is 0.384. The highest BCUT2D eigenvalue weighted by molar-refractivity contribution is 7.10. The number of methoxy groups -OCH3 is 1. The van der Waals surface area contributed by atoms with E-state index in [1.807, 2.05) is 0 Å². The lowest BCUT2D eigenvalue weighted by Gasteiger charge is -2.26. The summed E-state index contributed by atoms with van der Waals surface area (Å²) in [6.45, 7) is 7.39. The van der Waals surface area contributed by atoms with Crippen molar-refractivity contribution in [3.63, 3.8) is 0 Å². The Morgan fingerprint density at radius 1 is 1.33 bits per heavy atom. The van der Waals surface area contributed by atoms with E-state index in [9.17, 15) is 4.39 Å². The third-order valence-corrected chi connectivity index (χ3v) is 4.95. The Kier molecular flexibility index (Phi) is 5.01. The van der Waals surface area contributed by atoms with Gasteiger partial charge in [-0.15, -0.1) is 11.3 Å². The van der Waals surface area contributed by atoms with Crippen LogP contribution in [0.5, 0.6) is 5.75 Å². The summed E-state index contributed by atoms with van der Waals surface area (Å²) >= 11 is 1.78. The molecule has 0 aliphatic heterocycles. The molecule has 0 saturated carbocycles. The summed E-state index contributed by atoms with van der Waals surface area (Å²) in [5.74, 6) is -0.0361. The Hall–Kier alpha value is -1.39. The van der Waals surface area contributed by atoms with Gasteiger partial charge in [0.1, 0.15) is 0 Å². The van der Waals surface area contributed by atoms with Gasteiger partial charge in [0, 0.05) is 22.9 Å². The molecule has 1 aromatic heterocycles. The third-order valence-electron chi connectivity index (χ3n) is 3.71. The van der Waals surface area contributed by atoms with E-state index < -0.39 is 0 Å². The van der Waals surface area contributed by atoms with E-state index in [2.05, 4.69) is 43.6 Å². The zero-order valence-electron chi connectivity index (χ0n) is 12.9. The standard InChI is InChI=1S/C17H22FNOS/c1-12(13-7-8-14(18)15(10-13)20-4)19-11-17(2,3)16-6-5-9-21-16/h5-10,12,19H,11H2,1-4H3. The Bertz CT molecular complexity index is 580. The van der Waals surface area contributed by atoms with Crippen molar-refractivity contribution in [2.45, 2.75) is 32.2 Å². The maximum atomic E-state index is 13.5. The summed E-state index contributed by atoms with van der Waals surface area (Å²) in [6.07, 6.45) is 0. The molecule has 0 aliphatic carbocycles. The fourth-order valence-electron chi connectivity index (χ4n) is 2.22. The van der Waals surface area contributed by atoms with Gasteiger partial charge >= 0.3 is 0 Å². The van der Waals surface area contributed by atoms with Gasteiger partial charge in [-0.3, -0.25) is 0 Å². The van der Waals surface area contributed by atoms with Crippen LogP contribution in [-0.2, 0) is 5.41 Å². The number of benzene rings is 1. The molecule has 1 unspecified atom stereocenters. The van der Waals surface area contributed by atoms with Crippen LogP contribution in [0.25, 0.3) is 0 Å². The van der Waals surface area contributed by atoms with Crippen LogP contribution in [-0.4, -0.2) is 13.7 Å². The second-order valence-electron chi connectivity index (χ2n) is 5.86. The molecule has 4 heteroatoms. The topological polar surface area (TPSA) is 21.3 Å². The number of halogens is 1. The van der Waals surface area contributed by atoms with Crippen molar-refractivity contribution in [1.29, 1.82) is 0 Å². The molecule has 0 aliphatic rings. The van der Waals surface area contributed by atoms with Crippen molar-refractivity contribution in [1.82, 2.24) is 5.32 Å². The van der Waals surface area contributed by atoms with E-state index in [1.54, 1.807) is 23.5 Å². The molecule has 21 heavy (non-hydrogen) atoms. The van der Waals surface area contributed by atoms with Crippen molar-refractivity contribution in [3.05, 3.63) is 52.0 Å². The monoisotopic (exact) mass is 307 g/mol. The van der Waals surface area contributed by atoms with E-state index in [4.69, 9.17) is 4.74 Å². The molecular formula is C17H22FNOS. The second kappa shape index (κ2) is 6.58. The molecule has 0 saturated heterocycles. The van der Waals surface area contributed by atoms with Crippen molar-refractivity contribution in [2.75, 3.05) is 13.7 Å². The first-order valence-corrected chi connectivity index (χ1v) is 7.93. The van der Waals surface area contributed by atoms with Gasteiger partial charge in [0.25, 0.3) is 0 Å². The van der Waals surface area contributed by atoms with Gasteiger partial charge in [0.05, 0.1) is 7.11 Å². The molecule has 2 aromatic rings. The van der Waals surface area contributed by atoms with Crippen LogP contribution in [0, 0.1) is 5.82 Å². The minimum atomic E-state index is -0.327. The van der Waals surface area contributed by atoms with Crippen LogP contribution in [0.2, 0.25) is 0 Å². The summed E-state index contributed by atoms with van der Waals surface area (Å²) in [4.78, 5) is 1.36. The Labute approximate surface area is 130 Å². The van der Waals surface area contributed by atoms with Crippen molar-refractivity contribution in [2.24, 2.45) is 0 Å². The second-order valence-corrected chi connectivity index (χ2v) is 6.81. The molecule has 2 nitrogen and oxygen atoms in total. The summed E-state index contributed by atoms with van der Waals surface area (Å²) in [5, 5.41) is 5.63. The first kappa shape index (κ1) is 16.0. The van der Waals surface area contributed by atoms with Crippen molar-refractivity contribution >= 4 is 11.3 Å². The normalized spacial score (nSPS) is 13.2. The zero-order valence-corrected chi connectivity index (χ0v) is 13.8.